The van der Waals surface area contributed by atoms with E-state index >= 15 is 0 Å². The average molecular weight is 405 g/mol. The second-order valence-corrected chi connectivity index (χ2v) is 9.31. The SMILES string of the molecule is COc1ccccc1N1CCN(C[C@H](O)CO[C@@H]2C[C@@H](C)CC[C@@H]2C(C)C)CC1. The van der Waals surface area contributed by atoms with Crippen LogP contribution in [0.15, 0.2) is 24.3 Å². The molecule has 0 amide bonds. The molecule has 4 atom stereocenters. The van der Waals surface area contributed by atoms with Crippen molar-refractivity contribution in [2.24, 2.45) is 17.8 Å². The van der Waals surface area contributed by atoms with Crippen molar-refractivity contribution in [3.63, 3.8) is 0 Å². The molecule has 0 spiro atoms. The number of aliphatic hydroxyl groups is 1. The van der Waals surface area contributed by atoms with Crippen molar-refractivity contribution in [3.8, 4) is 5.75 Å². The molecule has 0 bridgehead atoms. The zero-order valence-corrected chi connectivity index (χ0v) is 18.7. The lowest BCUT2D eigenvalue weighted by atomic mass is 9.75. The number of piperazine rings is 1. The van der Waals surface area contributed by atoms with Gasteiger partial charge in [-0.1, -0.05) is 39.3 Å². The van der Waals surface area contributed by atoms with Gasteiger partial charge in [0.15, 0.2) is 0 Å². The molecule has 5 nitrogen and oxygen atoms in total. The third-order valence-corrected chi connectivity index (χ3v) is 6.73. The summed E-state index contributed by atoms with van der Waals surface area (Å²) in [6.07, 6.45) is 3.58. The Balaban J connectivity index is 1.43. The first kappa shape index (κ1) is 22.4. The molecule has 1 aromatic rings. The summed E-state index contributed by atoms with van der Waals surface area (Å²) >= 11 is 0. The maximum atomic E-state index is 10.6. The third-order valence-electron chi connectivity index (χ3n) is 6.73. The van der Waals surface area contributed by atoms with Gasteiger partial charge in [-0.2, -0.15) is 0 Å². The summed E-state index contributed by atoms with van der Waals surface area (Å²) < 4.78 is 11.7. The highest BCUT2D eigenvalue weighted by Gasteiger charge is 2.32. The molecule has 1 N–H and O–H groups in total. The lowest BCUT2D eigenvalue weighted by molar-refractivity contribution is -0.0740. The van der Waals surface area contributed by atoms with E-state index < -0.39 is 6.10 Å². The standard InChI is InChI=1S/C24H40N2O3/c1-18(2)21-10-9-19(3)15-24(21)29-17-20(27)16-25-11-13-26(14-12-25)22-7-5-6-8-23(22)28-4/h5-8,18-21,24,27H,9-17H2,1-4H3/t19-,20-,21+,24+/m0/s1. The Hall–Kier alpha value is -1.30. The van der Waals surface area contributed by atoms with Crippen LogP contribution >= 0.6 is 0 Å². The first-order valence-electron chi connectivity index (χ1n) is 11.4. The van der Waals surface area contributed by atoms with Crippen LogP contribution in [0.2, 0.25) is 0 Å². The molecule has 1 aliphatic heterocycles. The fourth-order valence-electron chi connectivity index (χ4n) is 4.95. The van der Waals surface area contributed by atoms with Crippen molar-refractivity contribution in [3.05, 3.63) is 24.3 Å². The van der Waals surface area contributed by atoms with Crippen molar-refractivity contribution in [2.75, 3.05) is 51.3 Å². The smallest absolute Gasteiger partial charge is 0.142 e. The van der Waals surface area contributed by atoms with E-state index in [1.807, 2.05) is 12.1 Å². The molecule has 2 aliphatic rings. The fourth-order valence-corrected chi connectivity index (χ4v) is 4.95. The monoisotopic (exact) mass is 404 g/mol. The van der Waals surface area contributed by atoms with Crippen LogP contribution in [0.5, 0.6) is 5.75 Å². The van der Waals surface area contributed by atoms with Crippen molar-refractivity contribution in [1.29, 1.82) is 0 Å². The third kappa shape index (κ3) is 6.09. The largest absolute Gasteiger partial charge is 0.495 e. The Morgan fingerprint density at radius 2 is 1.83 bits per heavy atom. The van der Waals surface area contributed by atoms with Crippen molar-refractivity contribution >= 4 is 5.69 Å². The molecule has 5 heteroatoms. The summed E-state index contributed by atoms with van der Waals surface area (Å²) in [6, 6.07) is 8.19. The van der Waals surface area contributed by atoms with Crippen LogP contribution in [0.1, 0.15) is 40.0 Å². The van der Waals surface area contributed by atoms with Crippen LogP contribution < -0.4 is 9.64 Å². The van der Waals surface area contributed by atoms with Gasteiger partial charge in [0, 0.05) is 32.7 Å². The number of aliphatic hydroxyl groups excluding tert-OH is 1. The number of benzene rings is 1. The highest BCUT2D eigenvalue weighted by Crippen LogP contribution is 2.35. The van der Waals surface area contributed by atoms with Crippen molar-refractivity contribution in [1.82, 2.24) is 4.90 Å². The summed E-state index contributed by atoms with van der Waals surface area (Å²) in [6.45, 7) is 11.9. The van der Waals surface area contributed by atoms with Crippen LogP contribution in [0.3, 0.4) is 0 Å². The highest BCUT2D eigenvalue weighted by molar-refractivity contribution is 5.58. The van der Waals surface area contributed by atoms with E-state index in [-0.39, 0.29) is 0 Å². The minimum Gasteiger partial charge on any atom is -0.495 e. The van der Waals surface area contributed by atoms with E-state index in [0.29, 0.717) is 31.1 Å². The average Bonchev–Trinajstić information content (AvgIpc) is 2.72. The van der Waals surface area contributed by atoms with Gasteiger partial charge in [-0.3, -0.25) is 4.90 Å². The number of methoxy groups -OCH3 is 1. The lowest BCUT2D eigenvalue weighted by Gasteiger charge is -2.39. The first-order chi connectivity index (χ1) is 14.0. The molecule has 2 fully saturated rings. The maximum Gasteiger partial charge on any atom is 0.142 e. The quantitative estimate of drug-likeness (QED) is 0.716. The minimum absolute atomic E-state index is 0.302. The van der Waals surface area contributed by atoms with E-state index in [2.05, 4.69) is 42.7 Å². The van der Waals surface area contributed by atoms with Crippen molar-refractivity contribution in [2.45, 2.75) is 52.2 Å². The van der Waals surface area contributed by atoms with E-state index in [0.717, 1.165) is 50.0 Å². The second kappa shape index (κ2) is 10.6. The van der Waals surface area contributed by atoms with E-state index in [4.69, 9.17) is 9.47 Å². The summed E-state index contributed by atoms with van der Waals surface area (Å²) in [5.41, 5.74) is 1.16. The number of hydrogen-bond acceptors (Lipinski definition) is 5. The molecule has 29 heavy (non-hydrogen) atoms. The van der Waals surface area contributed by atoms with Gasteiger partial charge in [-0.25, -0.2) is 0 Å². The van der Waals surface area contributed by atoms with E-state index in [9.17, 15) is 5.11 Å². The Morgan fingerprint density at radius 3 is 2.52 bits per heavy atom. The van der Waals surface area contributed by atoms with E-state index in [1.165, 1.54) is 12.8 Å². The van der Waals surface area contributed by atoms with E-state index in [1.54, 1.807) is 7.11 Å². The van der Waals surface area contributed by atoms with Gasteiger partial charge in [0.25, 0.3) is 0 Å². The first-order valence-corrected chi connectivity index (χ1v) is 11.4. The Kier molecular flexibility index (Phi) is 8.22. The molecular formula is C24H40N2O3. The van der Waals surface area contributed by atoms with Gasteiger partial charge in [0.05, 0.1) is 31.6 Å². The number of ether oxygens (including phenoxy) is 2. The molecule has 1 saturated heterocycles. The topological polar surface area (TPSA) is 45.2 Å². The maximum absolute atomic E-state index is 10.6. The predicted octanol–water partition coefficient (Wildman–Crippen LogP) is 3.66. The second-order valence-electron chi connectivity index (χ2n) is 9.31. The van der Waals surface area contributed by atoms with Crippen LogP contribution in [-0.2, 0) is 4.74 Å². The molecule has 3 rings (SSSR count). The minimum atomic E-state index is -0.419. The van der Waals surface area contributed by atoms with Gasteiger partial charge in [0.2, 0.25) is 0 Å². The van der Waals surface area contributed by atoms with Gasteiger partial charge in [0.1, 0.15) is 5.75 Å². The van der Waals surface area contributed by atoms with Gasteiger partial charge >= 0.3 is 0 Å². The Labute approximate surface area is 177 Å². The normalized spacial score (nSPS) is 27.2. The molecule has 0 radical (unpaired) electrons. The van der Waals surface area contributed by atoms with Gasteiger partial charge < -0.3 is 19.5 Å². The summed E-state index contributed by atoms with van der Waals surface area (Å²) in [7, 11) is 1.72. The summed E-state index contributed by atoms with van der Waals surface area (Å²) in [5.74, 6) is 2.93. The van der Waals surface area contributed by atoms with Crippen LogP contribution in [-0.4, -0.2) is 68.7 Å². The number of rotatable bonds is 8. The summed E-state index contributed by atoms with van der Waals surface area (Å²) in [4.78, 5) is 4.72. The van der Waals surface area contributed by atoms with Gasteiger partial charge in [-0.05, 0) is 42.7 Å². The van der Waals surface area contributed by atoms with Crippen LogP contribution in [0, 0.1) is 17.8 Å². The fraction of sp³-hybridized carbons (Fsp3) is 0.750. The zero-order chi connectivity index (χ0) is 20.8. The molecule has 1 heterocycles. The molecule has 164 valence electrons. The van der Waals surface area contributed by atoms with Crippen molar-refractivity contribution < 1.29 is 14.6 Å². The molecule has 1 aromatic carbocycles. The summed E-state index contributed by atoms with van der Waals surface area (Å²) in [5, 5.41) is 10.6. The van der Waals surface area contributed by atoms with Crippen LogP contribution in [0.25, 0.3) is 0 Å². The van der Waals surface area contributed by atoms with Gasteiger partial charge in [-0.15, -0.1) is 0 Å². The predicted molar refractivity (Wildman–Crippen MR) is 119 cm³/mol. The number of para-hydroxylation sites is 2. The zero-order valence-electron chi connectivity index (χ0n) is 18.7. The number of β-amino-alcohol motifs (C(OH)–C–C–N with tert-alkyl or cyclic N) is 1. The molecule has 0 unspecified atom stereocenters. The number of hydrogen-bond donors (Lipinski definition) is 1. The molecule has 0 aromatic heterocycles. The Morgan fingerprint density at radius 1 is 1.10 bits per heavy atom. The highest BCUT2D eigenvalue weighted by atomic mass is 16.5. The molecular weight excluding hydrogens is 364 g/mol. The number of anilines is 1. The molecule has 1 saturated carbocycles. The van der Waals surface area contributed by atoms with Crippen LogP contribution in [0.4, 0.5) is 5.69 Å². The Bertz CT molecular complexity index is 616. The molecule has 1 aliphatic carbocycles. The lowest BCUT2D eigenvalue weighted by Crippen LogP contribution is -2.49. The number of nitrogens with zero attached hydrogens (tertiary/aromatic N) is 2.